The lowest BCUT2D eigenvalue weighted by atomic mass is 9.94. The molecule has 0 saturated carbocycles. The number of imide groups is 1. The van der Waals surface area contributed by atoms with Crippen LogP contribution in [0.5, 0.6) is 0 Å². The molecule has 4 rings (SSSR count). The monoisotopic (exact) mass is 440 g/mol. The van der Waals surface area contributed by atoms with Crippen LogP contribution in [-0.2, 0) is 19.9 Å². The number of benzene rings is 1. The van der Waals surface area contributed by atoms with Crippen LogP contribution < -0.4 is 10.6 Å². The maximum Gasteiger partial charge on any atom is 0.325 e. The molecule has 0 aliphatic carbocycles. The minimum Gasteiger partial charge on any atom is -0.341 e. The van der Waals surface area contributed by atoms with Crippen LogP contribution in [0.2, 0.25) is 0 Å². The molecule has 0 spiro atoms. The Labute approximate surface area is 184 Å². The van der Waals surface area contributed by atoms with E-state index in [0.717, 1.165) is 10.6 Å². The topological polar surface area (TPSA) is 98.8 Å². The average Bonchev–Trinajstić information content (AvgIpc) is 3.39. The Hall–Kier alpha value is -3.20. The summed E-state index contributed by atoms with van der Waals surface area (Å²) in [5.74, 6) is -0.955. The van der Waals surface area contributed by atoms with E-state index in [1.807, 2.05) is 41.1 Å². The van der Waals surface area contributed by atoms with Crippen LogP contribution in [0.1, 0.15) is 25.3 Å². The Morgan fingerprint density at radius 2 is 1.87 bits per heavy atom. The molecule has 2 aromatic rings. The lowest BCUT2D eigenvalue weighted by Gasteiger charge is -2.32. The third-order valence-corrected chi connectivity index (χ3v) is 6.61. The standard InChI is InChI=1S/C22H24N4O4S/c1-22(16-9-12-31-14-16)20(29)26(21(30)24-22)13-18(27)25-10-7-15(8-11-25)19(28)23-17-5-3-2-4-6-17/h2-6,9,12,14-15H,7-8,10-11,13H2,1H3,(H,23,28)(H,24,30). The first-order valence-corrected chi connectivity index (χ1v) is 11.1. The molecule has 2 N–H and O–H groups in total. The first-order chi connectivity index (χ1) is 14.9. The summed E-state index contributed by atoms with van der Waals surface area (Å²) in [4.78, 5) is 53.1. The number of hydrogen-bond donors (Lipinski definition) is 2. The van der Waals surface area contributed by atoms with E-state index in [4.69, 9.17) is 0 Å². The van der Waals surface area contributed by atoms with Gasteiger partial charge in [-0.15, -0.1) is 0 Å². The number of urea groups is 1. The van der Waals surface area contributed by atoms with Gasteiger partial charge in [-0.05, 0) is 54.3 Å². The van der Waals surface area contributed by atoms with Gasteiger partial charge >= 0.3 is 6.03 Å². The van der Waals surface area contributed by atoms with Gasteiger partial charge < -0.3 is 15.5 Å². The van der Waals surface area contributed by atoms with Crippen LogP contribution in [0.25, 0.3) is 0 Å². The minimum absolute atomic E-state index is 0.0565. The number of para-hydroxylation sites is 1. The van der Waals surface area contributed by atoms with Gasteiger partial charge in [0, 0.05) is 24.7 Å². The predicted octanol–water partition coefficient (Wildman–Crippen LogP) is 2.39. The van der Waals surface area contributed by atoms with Crippen molar-refractivity contribution in [2.75, 3.05) is 25.0 Å². The van der Waals surface area contributed by atoms with Crippen LogP contribution in [0.4, 0.5) is 10.5 Å². The Morgan fingerprint density at radius 3 is 2.52 bits per heavy atom. The summed E-state index contributed by atoms with van der Waals surface area (Å²) in [5.41, 5.74) is 0.300. The molecule has 1 aromatic carbocycles. The van der Waals surface area contributed by atoms with Gasteiger partial charge in [0.05, 0.1) is 0 Å². The van der Waals surface area contributed by atoms with Gasteiger partial charge in [-0.3, -0.25) is 19.3 Å². The van der Waals surface area contributed by atoms with E-state index in [0.29, 0.717) is 31.5 Å². The van der Waals surface area contributed by atoms with E-state index in [1.165, 1.54) is 11.3 Å². The number of anilines is 1. The fraction of sp³-hybridized carbons (Fsp3) is 0.364. The van der Waals surface area contributed by atoms with Gasteiger partial charge in [-0.25, -0.2) is 4.79 Å². The largest absolute Gasteiger partial charge is 0.341 e. The van der Waals surface area contributed by atoms with Gasteiger partial charge in [0.25, 0.3) is 5.91 Å². The van der Waals surface area contributed by atoms with E-state index in [1.54, 1.807) is 17.9 Å². The van der Waals surface area contributed by atoms with Crippen LogP contribution in [0, 0.1) is 5.92 Å². The van der Waals surface area contributed by atoms with Gasteiger partial charge in [-0.2, -0.15) is 11.3 Å². The highest BCUT2D eigenvalue weighted by Gasteiger charge is 2.50. The normalized spacial score (nSPS) is 21.8. The van der Waals surface area contributed by atoms with E-state index < -0.39 is 17.5 Å². The van der Waals surface area contributed by atoms with Crippen molar-refractivity contribution in [3.05, 3.63) is 52.7 Å². The van der Waals surface area contributed by atoms with Crippen molar-refractivity contribution in [3.8, 4) is 0 Å². The second-order valence-electron chi connectivity index (χ2n) is 7.97. The zero-order chi connectivity index (χ0) is 22.0. The van der Waals surface area contributed by atoms with Crippen molar-refractivity contribution >= 4 is 40.8 Å². The Balaban J connectivity index is 1.32. The lowest BCUT2D eigenvalue weighted by Crippen LogP contribution is -2.47. The molecule has 2 aliphatic heterocycles. The number of thiophene rings is 1. The van der Waals surface area contributed by atoms with E-state index >= 15 is 0 Å². The molecule has 3 heterocycles. The fourth-order valence-electron chi connectivity index (χ4n) is 3.98. The van der Waals surface area contributed by atoms with Crippen molar-refractivity contribution in [2.45, 2.75) is 25.3 Å². The molecule has 2 aliphatic rings. The first kappa shape index (κ1) is 21.0. The highest BCUT2D eigenvalue weighted by molar-refractivity contribution is 7.08. The highest BCUT2D eigenvalue weighted by atomic mass is 32.1. The molecule has 0 bridgehead atoms. The fourth-order valence-corrected chi connectivity index (χ4v) is 4.74. The SMILES string of the molecule is CC1(c2ccsc2)NC(=O)N(CC(=O)N2CCC(C(=O)Nc3ccccc3)CC2)C1=O. The third-order valence-electron chi connectivity index (χ3n) is 5.93. The number of nitrogens with one attached hydrogen (secondary N) is 2. The Kier molecular flexibility index (Phi) is 5.77. The molecule has 31 heavy (non-hydrogen) atoms. The molecule has 162 valence electrons. The number of nitrogens with zero attached hydrogens (tertiary/aromatic N) is 2. The molecule has 1 unspecified atom stereocenters. The van der Waals surface area contributed by atoms with Crippen molar-refractivity contribution in [2.24, 2.45) is 5.92 Å². The van der Waals surface area contributed by atoms with Crippen molar-refractivity contribution in [1.82, 2.24) is 15.1 Å². The highest BCUT2D eigenvalue weighted by Crippen LogP contribution is 2.30. The van der Waals surface area contributed by atoms with Crippen LogP contribution >= 0.6 is 11.3 Å². The number of hydrogen-bond acceptors (Lipinski definition) is 5. The van der Waals surface area contributed by atoms with Gasteiger partial charge in [0.2, 0.25) is 11.8 Å². The summed E-state index contributed by atoms with van der Waals surface area (Å²) >= 11 is 1.44. The molecule has 2 saturated heterocycles. The average molecular weight is 441 g/mol. The maximum absolute atomic E-state index is 12.9. The summed E-state index contributed by atoms with van der Waals surface area (Å²) < 4.78 is 0. The summed E-state index contributed by atoms with van der Waals surface area (Å²) in [6.45, 7) is 2.18. The first-order valence-electron chi connectivity index (χ1n) is 10.2. The second kappa shape index (κ2) is 8.50. The lowest BCUT2D eigenvalue weighted by molar-refractivity contribution is -0.140. The summed E-state index contributed by atoms with van der Waals surface area (Å²) in [7, 11) is 0. The molecule has 1 aromatic heterocycles. The van der Waals surface area contributed by atoms with Crippen molar-refractivity contribution < 1.29 is 19.2 Å². The molecule has 8 nitrogen and oxygen atoms in total. The maximum atomic E-state index is 12.9. The summed E-state index contributed by atoms with van der Waals surface area (Å²) in [5, 5.41) is 9.26. The van der Waals surface area contributed by atoms with Crippen LogP contribution in [-0.4, -0.2) is 53.2 Å². The zero-order valence-electron chi connectivity index (χ0n) is 17.2. The quantitative estimate of drug-likeness (QED) is 0.698. The number of piperidine rings is 1. The smallest absolute Gasteiger partial charge is 0.325 e. The third kappa shape index (κ3) is 4.18. The predicted molar refractivity (Wildman–Crippen MR) is 116 cm³/mol. The Bertz CT molecular complexity index is 986. The van der Waals surface area contributed by atoms with E-state index in [-0.39, 0.29) is 24.3 Å². The van der Waals surface area contributed by atoms with Gasteiger partial charge in [-0.1, -0.05) is 18.2 Å². The molecule has 9 heteroatoms. The van der Waals surface area contributed by atoms with Crippen LogP contribution in [0.15, 0.2) is 47.2 Å². The number of likely N-dealkylation sites (tertiary alicyclic amines) is 1. The van der Waals surface area contributed by atoms with E-state index in [2.05, 4.69) is 10.6 Å². The van der Waals surface area contributed by atoms with Gasteiger partial charge in [0.1, 0.15) is 12.1 Å². The van der Waals surface area contributed by atoms with Crippen molar-refractivity contribution in [1.29, 1.82) is 0 Å². The molecular weight excluding hydrogens is 416 g/mol. The second-order valence-corrected chi connectivity index (χ2v) is 8.75. The minimum atomic E-state index is -1.15. The number of carbonyl (C=O) groups excluding carboxylic acids is 4. The molecule has 2 fully saturated rings. The molecular formula is C22H24N4O4S. The molecule has 5 amide bonds. The number of amides is 5. The molecule has 0 radical (unpaired) electrons. The van der Waals surface area contributed by atoms with Gasteiger partial charge in [0.15, 0.2) is 0 Å². The van der Waals surface area contributed by atoms with Crippen molar-refractivity contribution in [3.63, 3.8) is 0 Å². The van der Waals surface area contributed by atoms with E-state index in [9.17, 15) is 19.2 Å². The Morgan fingerprint density at radius 1 is 1.16 bits per heavy atom. The van der Waals surface area contributed by atoms with Crippen LogP contribution in [0.3, 0.4) is 0 Å². The summed E-state index contributed by atoms with van der Waals surface area (Å²) in [6.07, 6.45) is 1.08. The number of rotatable bonds is 5. The number of carbonyl (C=O) groups is 4. The molecule has 1 atom stereocenters. The summed E-state index contributed by atoms with van der Waals surface area (Å²) in [6, 6.07) is 10.5. The zero-order valence-corrected chi connectivity index (χ0v) is 18.0.